The quantitative estimate of drug-likeness (QED) is 0.824. The Morgan fingerprint density at radius 1 is 1.18 bits per heavy atom. The van der Waals surface area contributed by atoms with Gasteiger partial charge < -0.3 is 19.5 Å². The van der Waals surface area contributed by atoms with Crippen molar-refractivity contribution in [2.45, 2.75) is 19.4 Å². The normalized spacial score (nSPS) is 14.8. The van der Waals surface area contributed by atoms with E-state index in [-0.39, 0.29) is 0 Å². The van der Waals surface area contributed by atoms with Crippen molar-refractivity contribution in [1.29, 1.82) is 0 Å². The van der Waals surface area contributed by atoms with E-state index >= 15 is 0 Å². The van der Waals surface area contributed by atoms with Crippen LogP contribution in [0.5, 0.6) is 17.2 Å². The molecule has 4 nitrogen and oxygen atoms in total. The highest BCUT2D eigenvalue weighted by atomic mass is 16.5. The number of benzene rings is 1. The standard InChI is InChI=1S/C13H21NO3/c1-9(14-2)6-10-7-11(15-3)13(17-5)12(8-10)16-4/h7-9,14H,6H2,1-5H3/i9D. The molecule has 0 aliphatic carbocycles. The predicted molar refractivity (Wildman–Crippen MR) is 68.3 cm³/mol. The van der Waals surface area contributed by atoms with Crippen molar-refractivity contribution < 1.29 is 15.6 Å². The summed E-state index contributed by atoms with van der Waals surface area (Å²) in [7, 11) is 6.51. The van der Waals surface area contributed by atoms with Crippen LogP contribution in [0.1, 0.15) is 13.9 Å². The molecule has 0 amide bonds. The molecular weight excluding hydrogens is 218 g/mol. The highest BCUT2D eigenvalue weighted by Crippen LogP contribution is 2.38. The van der Waals surface area contributed by atoms with Gasteiger partial charge in [0, 0.05) is 7.39 Å². The van der Waals surface area contributed by atoms with Gasteiger partial charge >= 0.3 is 0 Å². The summed E-state index contributed by atoms with van der Waals surface area (Å²) in [4.78, 5) is 0. The average molecular weight is 240 g/mol. The second-order valence-corrected chi connectivity index (χ2v) is 3.74. The summed E-state index contributed by atoms with van der Waals surface area (Å²) in [5.41, 5.74) is 0.955. The van der Waals surface area contributed by atoms with Gasteiger partial charge in [0.2, 0.25) is 5.75 Å². The zero-order valence-corrected chi connectivity index (χ0v) is 11.1. The number of methoxy groups -OCH3 is 3. The van der Waals surface area contributed by atoms with E-state index in [0.717, 1.165) is 5.56 Å². The lowest BCUT2D eigenvalue weighted by molar-refractivity contribution is 0.323. The van der Waals surface area contributed by atoms with Gasteiger partial charge in [0.1, 0.15) is 0 Å². The largest absolute Gasteiger partial charge is 0.493 e. The second-order valence-electron chi connectivity index (χ2n) is 3.74. The van der Waals surface area contributed by atoms with Crippen molar-refractivity contribution in [3.8, 4) is 17.2 Å². The topological polar surface area (TPSA) is 39.7 Å². The van der Waals surface area contributed by atoms with Gasteiger partial charge in [-0.25, -0.2) is 0 Å². The smallest absolute Gasteiger partial charge is 0.203 e. The second kappa shape index (κ2) is 6.35. The number of hydrogen-bond donors (Lipinski definition) is 1. The molecule has 0 aromatic heterocycles. The Hall–Kier alpha value is -1.42. The van der Waals surface area contributed by atoms with Crippen molar-refractivity contribution in [3.05, 3.63) is 17.7 Å². The van der Waals surface area contributed by atoms with Gasteiger partial charge in [-0.15, -0.1) is 0 Å². The Labute approximate surface area is 104 Å². The van der Waals surface area contributed by atoms with E-state index in [2.05, 4.69) is 5.32 Å². The molecule has 0 aliphatic rings. The molecule has 0 fully saturated rings. The van der Waals surface area contributed by atoms with Crippen LogP contribution in [0.25, 0.3) is 0 Å². The number of hydrogen-bond acceptors (Lipinski definition) is 4. The van der Waals surface area contributed by atoms with Crippen LogP contribution in [-0.2, 0) is 6.42 Å². The van der Waals surface area contributed by atoms with E-state index in [1.54, 1.807) is 28.4 Å². The van der Waals surface area contributed by atoms with Gasteiger partial charge in [-0.1, -0.05) is 0 Å². The van der Waals surface area contributed by atoms with Crippen molar-refractivity contribution in [2.75, 3.05) is 28.4 Å². The minimum Gasteiger partial charge on any atom is -0.493 e. The van der Waals surface area contributed by atoms with Crippen molar-refractivity contribution in [1.82, 2.24) is 5.32 Å². The van der Waals surface area contributed by atoms with E-state index in [9.17, 15) is 0 Å². The summed E-state index contributed by atoms with van der Waals surface area (Å²) in [5, 5.41) is 2.95. The molecule has 0 saturated heterocycles. The van der Waals surface area contributed by atoms with E-state index in [1.807, 2.05) is 19.1 Å². The predicted octanol–water partition coefficient (Wildman–Crippen LogP) is 1.86. The summed E-state index contributed by atoms with van der Waals surface area (Å²) in [6, 6.07) is 3.00. The Morgan fingerprint density at radius 3 is 2.06 bits per heavy atom. The van der Waals surface area contributed by atoms with E-state index in [1.165, 1.54) is 0 Å². The highest BCUT2D eigenvalue weighted by Gasteiger charge is 2.13. The van der Waals surface area contributed by atoms with Crippen LogP contribution >= 0.6 is 0 Å². The molecular formula is C13H21NO3. The lowest BCUT2D eigenvalue weighted by Gasteiger charge is -2.16. The van der Waals surface area contributed by atoms with Gasteiger partial charge in [0.25, 0.3) is 0 Å². The number of ether oxygens (including phenoxy) is 3. The minimum absolute atomic E-state index is 0.542. The molecule has 96 valence electrons. The third-order valence-corrected chi connectivity index (χ3v) is 2.62. The first kappa shape index (κ1) is 12.0. The maximum Gasteiger partial charge on any atom is 0.203 e. The maximum atomic E-state index is 8.04. The molecule has 4 heteroatoms. The zero-order chi connectivity index (χ0) is 13.8. The molecule has 1 rings (SSSR count). The molecule has 0 aliphatic heterocycles. The lowest BCUT2D eigenvalue weighted by atomic mass is 10.1. The lowest BCUT2D eigenvalue weighted by Crippen LogP contribution is -2.23. The first-order valence-corrected chi connectivity index (χ1v) is 5.45. The van der Waals surface area contributed by atoms with Crippen molar-refractivity contribution >= 4 is 0 Å². The molecule has 17 heavy (non-hydrogen) atoms. The first-order chi connectivity index (χ1) is 8.47. The number of rotatable bonds is 6. The van der Waals surface area contributed by atoms with Gasteiger partial charge in [-0.3, -0.25) is 0 Å². The van der Waals surface area contributed by atoms with E-state index < -0.39 is 6.02 Å². The van der Waals surface area contributed by atoms with Crippen LogP contribution in [0.3, 0.4) is 0 Å². The van der Waals surface area contributed by atoms with E-state index in [4.69, 9.17) is 15.6 Å². The van der Waals surface area contributed by atoms with Crippen molar-refractivity contribution in [3.63, 3.8) is 0 Å². The van der Waals surface area contributed by atoms with Gasteiger partial charge in [-0.05, 0) is 38.1 Å². The molecule has 1 N–H and O–H groups in total. The molecule has 0 bridgehead atoms. The molecule has 1 unspecified atom stereocenters. The van der Waals surface area contributed by atoms with Crippen LogP contribution in [0.4, 0.5) is 0 Å². The Morgan fingerprint density at radius 2 is 1.71 bits per heavy atom. The molecule has 1 atom stereocenters. The Bertz CT molecular complexity index is 382. The van der Waals surface area contributed by atoms with Crippen LogP contribution in [0.15, 0.2) is 12.1 Å². The molecule has 0 saturated carbocycles. The fraction of sp³-hybridized carbons (Fsp3) is 0.538. The Kier molecular flexibility index (Phi) is 4.50. The molecule has 1 aromatic carbocycles. The monoisotopic (exact) mass is 240 g/mol. The zero-order valence-electron chi connectivity index (χ0n) is 12.1. The number of likely N-dealkylation sites (N-methyl/N-ethyl adjacent to an activating group) is 1. The molecule has 0 heterocycles. The summed E-state index contributed by atoms with van der Waals surface area (Å²) in [6.07, 6.45) is 0.542. The van der Waals surface area contributed by atoms with Crippen molar-refractivity contribution in [2.24, 2.45) is 0 Å². The van der Waals surface area contributed by atoms with Crippen LogP contribution in [-0.4, -0.2) is 34.4 Å². The molecule has 0 spiro atoms. The first-order valence-electron chi connectivity index (χ1n) is 5.95. The molecule has 0 radical (unpaired) electrons. The average Bonchev–Trinajstić information content (AvgIpc) is 2.37. The SMILES string of the molecule is [2H]C(C)(Cc1cc(OC)c(OC)c(OC)c1)NC. The fourth-order valence-electron chi connectivity index (χ4n) is 1.63. The summed E-state index contributed by atoms with van der Waals surface area (Å²) in [6.45, 7) is 1.82. The minimum atomic E-state index is -0.732. The molecule has 1 aromatic rings. The van der Waals surface area contributed by atoms with Gasteiger partial charge in [0.15, 0.2) is 11.5 Å². The summed E-state index contributed by atoms with van der Waals surface area (Å²) in [5.74, 6) is 1.79. The van der Waals surface area contributed by atoms with Crippen LogP contribution in [0.2, 0.25) is 0 Å². The van der Waals surface area contributed by atoms with Gasteiger partial charge in [0.05, 0.1) is 21.3 Å². The highest BCUT2D eigenvalue weighted by molar-refractivity contribution is 5.53. The van der Waals surface area contributed by atoms with Crippen LogP contribution in [0, 0.1) is 0 Å². The number of nitrogens with one attached hydrogen (secondary N) is 1. The Balaban J connectivity index is 3.15. The summed E-state index contributed by atoms with van der Waals surface area (Å²) < 4.78 is 23.9. The van der Waals surface area contributed by atoms with E-state index in [0.29, 0.717) is 23.7 Å². The van der Waals surface area contributed by atoms with Gasteiger partial charge in [-0.2, -0.15) is 0 Å². The summed E-state index contributed by atoms with van der Waals surface area (Å²) >= 11 is 0. The maximum absolute atomic E-state index is 8.04. The fourth-order valence-corrected chi connectivity index (χ4v) is 1.63. The third-order valence-electron chi connectivity index (χ3n) is 2.62. The third kappa shape index (κ3) is 3.27. The van der Waals surface area contributed by atoms with Crippen LogP contribution < -0.4 is 19.5 Å².